The minimum atomic E-state index is -3.55. The van der Waals surface area contributed by atoms with Gasteiger partial charge in [-0.3, -0.25) is 10.1 Å². The smallest absolute Gasteiger partial charge is 0.444 e. The van der Waals surface area contributed by atoms with E-state index in [0.717, 1.165) is 0 Å². The highest BCUT2D eigenvalue weighted by atomic mass is 31.2. The molecule has 0 heterocycles. The Bertz CT molecular complexity index is 617. The summed E-state index contributed by atoms with van der Waals surface area (Å²) >= 11 is 0. The largest absolute Gasteiger partial charge is 0.468 e. The maximum Gasteiger partial charge on any atom is 0.444 e. The molecule has 0 spiro atoms. The maximum absolute atomic E-state index is 13.0. The fraction of sp³-hybridized carbons (Fsp3) is 0.188. The van der Waals surface area contributed by atoms with E-state index >= 15 is 0 Å². The lowest BCUT2D eigenvalue weighted by molar-refractivity contribution is -0.139. The number of esters is 1. The molecular formula is C16H18NO5P. The van der Waals surface area contributed by atoms with Crippen LogP contribution in [0.1, 0.15) is 0 Å². The first-order chi connectivity index (χ1) is 11.1. The van der Waals surface area contributed by atoms with Crippen molar-refractivity contribution in [2.45, 2.75) is 0 Å². The molecule has 0 unspecified atom stereocenters. The molecule has 0 aliphatic carbocycles. The molecule has 0 aliphatic rings. The number of hydrogen-bond donors (Lipinski definition) is 1. The lowest BCUT2D eigenvalue weighted by Gasteiger charge is -2.20. The molecule has 7 heteroatoms. The van der Waals surface area contributed by atoms with Gasteiger partial charge in [0, 0.05) is 0 Å². The molecule has 1 N–H and O–H groups in total. The van der Waals surface area contributed by atoms with Gasteiger partial charge in [0.05, 0.1) is 13.7 Å². The van der Waals surface area contributed by atoms with E-state index < -0.39 is 13.6 Å². The first kappa shape index (κ1) is 17.1. The van der Waals surface area contributed by atoms with Crippen molar-refractivity contribution < 1.29 is 23.1 Å². The second kappa shape index (κ2) is 8.36. The number of hydrogen-bond acceptors (Lipinski definition) is 6. The van der Waals surface area contributed by atoms with E-state index in [9.17, 15) is 9.36 Å². The number of nitrogens with one attached hydrogen (secondary N) is 1. The van der Waals surface area contributed by atoms with Gasteiger partial charge in [-0.25, -0.2) is 4.57 Å². The predicted octanol–water partition coefficient (Wildman–Crippen LogP) is 3.06. The van der Waals surface area contributed by atoms with Crippen LogP contribution in [0.15, 0.2) is 60.7 Å². The van der Waals surface area contributed by atoms with E-state index in [-0.39, 0.29) is 12.8 Å². The third-order valence-corrected chi connectivity index (χ3v) is 4.37. The van der Waals surface area contributed by atoms with Crippen LogP contribution in [0, 0.1) is 0 Å². The van der Waals surface area contributed by atoms with E-state index in [0.29, 0.717) is 11.5 Å². The Morgan fingerprint density at radius 3 is 1.87 bits per heavy atom. The summed E-state index contributed by atoms with van der Waals surface area (Å²) < 4.78 is 28.6. The Morgan fingerprint density at radius 2 is 1.43 bits per heavy atom. The van der Waals surface area contributed by atoms with Crippen LogP contribution in [0.25, 0.3) is 0 Å². The molecule has 2 aromatic rings. The standard InChI is InChI=1S/C16H18NO5P/c1-20-16(18)12-17-13-23(19,21-14-8-4-2-5-9-14)22-15-10-6-3-7-11-15/h2-11,17H,12-13H2,1H3. The maximum atomic E-state index is 13.0. The van der Waals surface area contributed by atoms with E-state index in [2.05, 4.69) is 10.1 Å². The summed E-state index contributed by atoms with van der Waals surface area (Å²) in [4.78, 5) is 11.2. The van der Waals surface area contributed by atoms with E-state index in [1.54, 1.807) is 48.5 Å². The zero-order valence-electron chi connectivity index (χ0n) is 12.7. The molecule has 23 heavy (non-hydrogen) atoms. The molecular weight excluding hydrogens is 317 g/mol. The molecule has 122 valence electrons. The summed E-state index contributed by atoms with van der Waals surface area (Å²) in [7, 11) is -2.27. The zero-order valence-corrected chi connectivity index (χ0v) is 13.6. The Kier molecular flexibility index (Phi) is 6.20. The average Bonchev–Trinajstić information content (AvgIpc) is 2.56. The molecule has 2 rings (SSSR count). The van der Waals surface area contributed by atoms with Gasteiger partial charge < -0.3 is 13.8 Å². The topological polar surface area (TPSA) is 73.9 Å². The third kappa shape index (κ3) is 5.77. The van der Waals surface area contributed by atoms with Crippen LogP contribution >= 0.6 is 7.60 Å². The average molecular weight is 335 g/mol. The highest BCUT2D eigenvalue weighted by Gasteiger charge is 2.28. The number of rotatable bonds is 8. The second-order valence-corrected chi connectivity index (χ2v) is 6.48. The molecule has 0 aliphatic heterocycles. The van der Waals surface area contributed by atoms with Gasteiger partial charge in [0.2, 0.25) is 0 Å². The van der Waals surface area contributed by atoms with Crippen LogP contribution in [0.3, 0.4) is 0 Å². The van der Waals surface area contributed by atoms with Crippen molar-refractivity contribution in [1.29, 1.82) is 0 Å². The molecule has 0 fully saturated rings. The summed E-state index contributed by atoms with van der Waals surface area (Å²) in [6, 6.07) is 17.4. The van der Waals surface area contributed by atoms with Crippen molar-refractivity contribution in [1.82, 2.24) is 5.32 Å². The van der Waals surface area contributed by atoms with Crippen molar-refractivity contribution in [3.05, 3.63) is 60.7 Å². The molecule has 0 saturated carbocycles. The van der Waals surface area contributed by atoms with Gasteiger partial charge >= 0.3 is 13.6 Å². The first-order valence-electron chi connectivity index (χ1n) is 6.97. The first-order valence-corrected chi connectivity index (χ1v) is 8.70. The van der Waals surface area contributed by atoms with E-state index in [4.69, 9.17) is 9.05 Å². The molecule has 0 atom stereocenters. The highest BCUT2D eigenvalue weighted by Crippen LogP contribution is 2.47. The van der Waals surface area contributed by atoms with Crippen molar-refractivity contribution in [2.75, 3.05) is 19.9 Å². The molecule has 0 bridgehead atoms. The van der Waals surface area contributed by atoms with Crippen molar-refractivity contribution in [3.63, 3.8) is 0 Å². The normalized spacial score (nSPS) is 10.8. The van der Waals surface area contributed by atoms with Crippen LogP contribution in [0.2, 0.25) is 0 Å². The fourth-order valence-electron chi connectivity index (χ4n) is 1.73. The Balaban J connectivity index is 2.09. The summed E-state index contributed by atoms with van der Waals surface area (Å²) in [5.41, 5.74) is 0. The number of benzene rings is 2. The van der Waals surface area contributed by atoms with Gasteiger partial charge in [-0.2, -0.15) is 0 Å². The van der Waals surface area contributed by atoms with E-state index in [1.165, 1.54) is 7.11 Å². The van der Waals surface area contributed by atoms with Crippen LogP contribution in [-0.4, -0.2) is 25.9 Å². The Labute approximate surface area is 134 Å². The van der Waals surface area contributed by atoms with Gasteiger partial charge in [-0.05, 0) is 24.3 Å². The van der Waals surface area contributed by atoms with Crippen LogP contribution < -0.4 is 14.4 Å². The van der Waals surface area contributed by atoms with Gasteiger partial charge in [0.1, 0.15) is 17.8 Å². The Morgan fingerprint density at radius 1 is 0.957 bits per heavy atom. The van der Waals surface area contributed by atoms with Crippen molar-refractivity contribution in [3.8, 4) is 11.5 Å². The number of carbonyl (C=O) groups excluding carboxylic acids is 1. The van der Waals surface area contributed by atoms with Crippen molar-refractivity contribution in [2.24, 2.45) is 0 Å². The van der Waals surface area contributed by atoms with Gasteiger partial charge in [-0.15, -0.1) is 0 Å². The Hall–Kier alpha value is -2.30. The van der Waals surface area contributed by atoms with Crippen LogP contribution in [0.5, 0.6) is 11.5 Å². The summed E-state index contributed by atoms with van der Waals surface area (Å²) in [6.07, 6.45) is -0.133. The molecule has 0 aromatic heterocycles. The molecule has 0 amide bonds. The molecule has 6 nitrogen and oxygen atoms in total. The van der Waals surface area contributed by atoms with E-state index in [1.807, 2.05) is 12.1 Å². The quantitative estimate of drug-likeness (QED) is 0.590. The second-order valence-electron chi connectivity index (χ2n) is 4.58. The summed E-state index contributed by atoms with van der Waals surface area (Å²) in [5, 5.41) is 2.73. The lowest BCUT2D eigenvalue weighted by Crippen LogP contribution is -2.27. The minimum Gasteiger partial charge on any atom is -0.468 e. The monoisotopic (exact) mass is 335 g/mol. The predicted molar refractivity (Wildman–Crippen MR) is 86.6 cm³/mol. The minimum absolute atomic E-state index is 0.0865. The summed E-state index contributed by atoms with van der Waals surface area (Å²) in [5.74, 6) is 0.384. The number of ether oxygens (including phenoxy) is 1. The zero-order chi connectivity index (χ0) is 16.5. The molecule has 0 radical (unpaired) electrons. The number of para-hydroxylation sites is 2. The lowest BCUT2D eigenvalue weighted by atomic mass is 10.3. The SMILES string of the molecule is COC(=O)CNCP(=O)(Oc1ccccc1)Oc1ccccc1. The van der Waals surface area contributed by atoms with Crippen LogP contribution in [0.4, 0.5) is 0 Å². The number of carbonyl (C=O) groups is 1. The molecule has 2 aromatic carbocycles. The number of methoxy groups -OCH3 is 1. The van der Waals surface area contributed by atoms with Gasteiger partial charge in [-0.1, -0.05) is 36.4 Å². The third-order valence-electron chi connectivity index (χ3n) is 2.78. The summed E-state index contributed by atoms with van der Waals surface area (Å²) in [6.45, 7) is -0.0865. The van der Waals surface area contributed by atoms with Gasteiger partial charge in [0.15, 0.2) is 0 Å². The van der Waals surface area contributed by atoms with Gasteiger partial charge in [0.25, 0.3) is 0 Å². The van der Waals surface area contributed by atoms with Crippen LogP contribution in [-0.2, 0) is 14.1 Å². The van der Waals surface area contributed by atoms with Crippen molar-refractivity contribution >= 4 is 13.6 Å². The molecule has 0 saturated heterocycles. The fourth-order valence-corrected chi connectivity index (χ4v) is 3.17. The highest BCUT2D eigenvalue weighted by molar-refractivity contribution is 7.54.